The van der Waals surface area contributed by atoms with Gasteiger partial charge in [0.1, 0.15) is 5.69 Å². The quantitative estimate of drug-likeness (QED) is 0.739. The van der Waals surface area contributed by atoms with Crippen LogP contribution in [0.2, 0.25) is 0 Å². The lowest BCUT2D eigenvalue weighted by Crippen LogP contribution is -2.26. The van der Waals surface area contributed by atoms with Crippen LogP contribution < -0.4 is 0 Å². The Morgan fingerprint density at radius 1 is 1.14 bits per heavy atom. The first-order chi connectivity index (χ1) is 10.7. The molecule has 22 heavy (non-hydrogen) atoms. The molecule has 1 amide bonds. The molecule has 2 aromatic heterocycles. The molecule has 0 aliphatic heterocycles. The molecule has 0 radical (unpaired) electrons. The van der Waals surface area contributed by atoms with Gasteiger partial charge in [-0.05, 0) is 17.7 Å². The van der Waals surface area contributed by atoms with Crippen LogP contribution in [-0.2, 0) is 6.54 Å². The molecule has 6 heteroatoms. The minimum Gasteiger partial charge on any atom is -0.333 e. The second-order valence-corrected chi connectivity index (χ2v) is 4.78. The Morgan fingerprint density at radius 2 is 1.91 bits per heavy atom. The first-order valence-corrected chi connectivity index (χ1v) is 6.78. The third-order valence-electron chi connectivity index (χ3n) is 3.11. The lowest BCUT2D eigenvalue weighted by Gasteiger charge is -2.14. The summed E-state index contributed by atoms with van der Waals surface area (Å²) in [5.74, 6) is -0.0605. The van der Waals surface area contributed by atoms with Crippen molar-refractivity contribution in [1.82, 2.24) is 20.0 Å². The Morgan fingerprint density at radius 3 is 2.64 bits per heavy atom. The van der Waals surface area contributed by atoms with Crippen molar-refractivity contribution >= 4 is 5.91 Å². The molecule has 0 bridgehead atoms. The molecule has 0 spiro atoms. The molecule has 110 valence electrons. The summed E-state index contributed by atoms with van der Waals surface area (Å²) in [4.78, 5) is 22.1. The maximum absolute atomic E-state index is 12.3. The minimum atomic E-state index is -0.321. The van der Waals surface area contributed by atoms with Gasteiger partial charge in [0, 0.05) is 19.8 Å². The molecule has 6 nitrogen and oxygen atoms in total. The fourth-order valence-electron chi connectivity index (χ4n) is 2.00. The Labute approximate surface area is 127 Å². The number of hydrogen-bond acceptors (Lipinski definition) is 5. The second kappa shape index (κ2) is 6.17. The first-order valence-electron chi connectivity index (χ1n) is 6.78. The van der Waals surface area contributed by atoms with E-state index in [9.17, 15) is 4.79 Å². The molecule has 0 fully saturated rings. The summed E-state index contributed by atoms with van der Waals surface area (Å²) in [6, 6.07) is 15.1. The summed E-state index contributed by atoms with van der Waals surface area (Å²) in [5.41, 5.74) is 1.60. The number of rotatable bonds is 4. The highest BCUT2D eigenvalue weighted by Gasteiger charge is 2.20. The number of hydrogen-bond donors (Lipinski definition) is 0. The van der Waals surface area contributed by atoms with Crippen LogP contribution >= 0.6 is 0 Å². The number of carbonyl (C=O) groups is 1. The molecule has 0 N–H and O–H groups in total. The summed E-state index contributed by atoms with van der Waals surface area (Å²) >= 11 is 0. The van der Waals surface area contributed by atoms with Crippen LogP contribution in [0.1, 0.15) is 16.2 Å². The fourth-order valence-corrected chi connectivity index (χ4v) is 2.00. The smallest absolute Gasteiger partial charge is 0.316 e. The molecule has 1 aromatic carbocycles. The van der Waals surface area contributed by atoms with Crippen LogP contribution in [0.25, 0.3) is 11.5 Å². The van der Waals surface area contributed by atoms with Crippen LogP contribution in [-0.4, -0.2) is 33.0 Å². The van der Waals surface area contributed by atoms with E-state index < -0.39 is 0 Å². The lowest BCUT2D eigenvalue weighted by molar-refractivity contribution is 0.0735. The van der Waals surface area contributed by atoms with E-state index in [4.69, 9.17) is 4.52 Å². The van der Waals surface area contributed by atoms with Gasteiger partial charge >= 0.3 is 11.8 Å². The largest absolute Gasteiger partial charge is 0.333 e. The monoisotopic (exact) mass is 294 g/mol. The average molecular weight is 294 g/mol. The molecule has 0 aliphatic carbocycles. The van der Waals surface area contributed by atoms with Crippen molar-refractivity contribution < 1.29 is 9.32 Å². The summed E-state index contributed by atoms with van der Waals surface area (Å²) in [7, 11) is 1.69. The van der Waals surface area contributed by atoms with Crippen LogP contribution in [0.3, 0.4) is 0 Å². The van der Waals surface area contributed by atoms with E-state index in [0.29, 0.717) is 18.1 Å². The van der Waals surface area contributed by atoms with Gasteiger partial charge in [0.15, 0.2) is 0 Å². The fraction of sp³-hybridized carbons (Fsp3) is 0.125. The second-order valence-electron chi connectivity index (χ2n) is 4.78. The highest BCUT2D eigenvalue weighted by Crippen LogP contribution is 2.13. The minimum absolute atomic E-state index is 0.0425. The molecule has 2 heterocycles. The Bertz CT molecular complexity index is 756. The van der Waals surface area contributed by atoms with Gasteiger partial charge < -0.3 is 9.42 Å². The van der Waals surface area contributed by atoms with Crippen LogP contribution in [0, 0.1) is 0 Å². The summed E-state index contributed by atoms with van der Waals surface area (Å²) in [6.45, 7) is 0.473. The van der Waals surface area contributed by atoms with Crippen molar-refractivity contribution in [2.75, 3.05) is 7.05 Å². The predicted octanol–water partition coefficient (Wildman–Crippen LogP) is 2.40. The molecule has 3 aromatic rings. The maximum atomic E-state index is 12.3. The number of carbonyl (C=O) groups excluding carboxylic acids is 1. The van der Waals surface area contributed by atoms with Crippen molar-refractivity contribution in [3.63, 3.8) is 0 Å². The first kappa shape index (κ1) is 13.9. The zero-order valence-corrected chi connectivity index (χ0v) is 12.0. The zero-order chi connectivity index (χ0) is 15.4. The predicted molar refractivity (Wildman–Crippen MR) is 79.8 cm³/mol. The SMILES string of the molecule is CN(Cc1ccccc1)C(=O)c1nc(-c2ccccn2)no1. The van der Waals surface area contributed by atoms with Crippen LogP contribution in [0.15, 0.2) is 59.3 Å². The zero-order valence-electron chi connectivity index (χ0n) is 12.0. The van der Waals surface area contributed by atoms with E-state index in [1.807, 2.05) is 36.4 Å². The van der Waals surface area contributed by atoms with E-state index in [1.54, 1.807) is 25.4 Å². The van der Waals surface area contributed by atoms with Gasteiger partial charge in [-0.25, -0.2) is 0 Å². The van der Waals surface area contributed by atoms with Gasteiger partial charge in [-0.15, -0.1) is 0 Å². The molecule has 0 atom stereocenters. The molecule has 0 saturated heterocycles. The van der Waals surface area contributed by atoms with E-state index in [2.05, 4.69) is 15.1 Å². The third-order valence-corrected chi connectivity index (χ3v) is 3.11. The van der Waals surface area contributed by atoms with E-state index in [-0.39, 0.29) is 11.8 Å². The summed E-state index contributed by atoms with van der Waals surface area (Å²) in [5, 5.41) is 3.80. The number of pyridine rings is 1. The van der Waals surface area contributed by atoms with Crippen molar-refractivity contribution in [3.05, 3.63) is 66.2 Å². The number of nitrogens with zero attached hydrogens (tertiary/aromatic N) is 4. The van der Waals surface area contributed by atoms with Gasteiger partial charge in [-0.3, -0.25) is 9.78 Å². The Kier molecular flexibility index (Phi) is 3.91. The summed E-state index contributed by atoms with van der Waals surface area (Å²) in [6.07, 6.45) is 1.63. The normalized spacial score (nSPS) is 10.4. The van der Waals surface area contributed by atoms with Crippen LogP contribution in [0.5, 0.6) is 0 Å². The average Bonchev–Trinajstić information content (AvgIpc) is 3.06. The van der Waals surface area contributed by atoms with Crippen LogP contribution in [0.4, 0.5) is 0 Å². The van der Waals surface area contributed by atoms with Gasteiger partial charge in [-0.1, -0.05) is 41.6 Å². The molecule has 3 rings (SSSR count). The Hall–Kier alpha value is -3.02. The standard InChI is InChI=1S/C16H14N4O2/c1-20(11-12-7-3-2-4-8-12)16(21)15-18-14(19-22-15)13-9-5-6-10-17-13/h2-10H,11H2,1H3. The van der Waals surface area contributed by atoms with Gasteiger partial charge in [0.05, 0.1) is 0 Å². The van der Waals surface area contributed by atoms with E-state index >= 15 is 0 Å². The topological polar surface area (TPSA) is 72.1 Å². The molecule has 0 unspecified atom stereocenters. The van der Waals surface area contributed by atoms with E-state index in [0.717, 1.165) is 5.56 Å². The van der Waals surface area contributed by atoms with Gasteiger partial charge in [0.25, 0.3) is 0 Å². The third kappa shape index (κ3) is 3.01. The van der Waals surface area contributed by atoms with Gasteiger partial charge in [0.2, 0.25) is 5.82 Å². The Balaban J connectivity index is 1.74. The maximum Gasteiger partial charge on any atom is 0.316 e. The van der Waals surface area contributed by atoms with Gasteiger partial charge in [-0.2, -0.15) is 4.98 Å². The number of aromatic nitrogens is 3. The highest BCUT2D eigenvalue weighted by molar-refractivity contribution is 5.89. The molecule has 0 saturated carbocycles. The highest BCUT2D eigenvalue weighted by atomic mass is 16.5. The van der Waals surface area contributed by atoms with Crippen molar-refractivity contribution in [1.29, 1.82) is 0 Å². The number of benzene rings is 1. The van der Waals surface area contributed by atoms with E-state index in [1.165, 1.54) is 4.90 Å². The summed E-state index contributed by atoms with van der Waals surface area (Å²) < 4.78 is 5.05. The van der Waals surface area contributed by atoms with Crippen molar-refractivity contribution in [2.45, 2.75) is 6.54 Å². The molecular formula is C16H14N4O2. The lowest BCUT2D eigenvalue weighted by atomic mass is 10.2. The van der Waals surface area contributed by atoms with Crippen molar-refractivity contribution in [3.8, 4) is 11.5 Å². The number of amides is 1. The molecule has 0 aliphatic rings. The van der Waals surface area contributed by atoms with Crippen molar-refractivity contribution in [2.24, 2.45) is 0 Å². The molecular weight excluding hydrogens is 280 g/mol.